The zero-order chi connectivity index (χ0) is 12.3. The number of nitrogens with zero attached hydrogens (tertiary/aromatic N) is 1. The van der Waals surface area contributed by atoms with Crippen LogP contribution in [-0.2, 0) is 0 Å². The maximum Gasteiger partial charge on any atom is 0.00980 e. The predicted molar refractivity (Wildman–Crippen MR) is 74.2 cm³/mol. The number of hydrogen-bond donors (Lipinski definition) is 1. The van der Waals surface area contributed by atoms with Crippen LogP contribution < -0.4 is 5.32 Å². The number of hydrogen-bond acceptors (Lipinski definition) is 2. The molecule has 1 saturated carbocycles. The van der Waals surface area contributed by atoms with E-state index in [0.717, 1.165) is 23.8 Å². The molecule has 4 unspecified atom stereocenters. The second-order valence-corrected chi connectivity index (χ2v) is 6.75. The topological polar surface area (TPSA) is 15.3 Å². The lowest BCUT2D eigenvalue weighted by atomic mass is 9.85. The van der Waals surface area contributed by atoms with Crippen LogP contribution in [0.2, 0.25) is 0 Å². The van der Waals surface area contributed by atoms with Crippen molar-refractivity contribution < 1.29 is 0 Å². The summed E-state index contributed by atoms with van der Waals surface area (Å²) in [5.74, 6) is 2.56. The Labute approximate surface area is 107 Å². The minimum absolute atomic E-state index is 0.805. The van der Waals surface area contributed by atoms with E-state index in [0.29, 0.717) is 0 Å². The molecule has 0 bridgehead atoms. The van der Waals surface area contributed by atoms with Gasteiger partial charge in [0.2, 0.25) is 0 Å². The van der Waals surface area contributed by atoms with Gasteiger partial charge in [-0.25, -0.2) is 0 Å². The van der Waals surface area contributed by atoms with Crippen LogP contribution in [0.1, 0.15) is 46.5 Å². The number of nitrogens with one attached hydrogen (secondary N) is 1. The highest BCUT2D eigenvalue weighted by atomic mass is 15.2. The zero-order valence-electron chi connectivity index (χ0n) is 11.9. The van der Waals surface area contributed by atoms with E-state index in [2.05, 4.69) is 31.0 Å². The van der Waals surface area contributed by atoms with Crippen molar-refractivity contribution in [2.45, 2.75) is 52.5 Å². The van der Waals surface area contributed by atoms with Crippen LogP contribution in [-0.4, -0.2) is 37.1 Å². The molecule has 0 aromatic heterocycles. The van der Waals surface area contributed by atoms with Crippen molar-refractivity contribution in [3.63, 3.8) is 0 Å². The normalized spacial score (nSPS) is 41.8. The van der Waals surface area contributed by atoms with Gasteiger partial charge in [-0.15, -0.1) is 0 Å². The summed E-state index contributed by atoms with van der Waals surface area (Å²) in [6, 6.07) is 0.877. The van der Waals surface area contributed by atoms with Gasteiger partial charge in [-0.3, -0.25) is 4.90 Å². The quantitative estimate of drug-likeness (QED) is 0.755. The van der Waals surface area contributed by atoms with Crippen LogP contribution in [0.5, 0.6) is 0 Å². The van der Waals surface area contributed by atoms with Gasteiger partial charge >= 0.3 is 0 Å². The Morgan fingerprint density at radius 3 is 2.12 bits per heavy atom. The molecule has 1 N–H and O–H groups in total. The molecule has 2 nitrogen and oxygen atoms in total. The predicted octanol–water partition coefficient (Wildman–Crippen LogP) is 2.74. The lowest BCUT2D eigenvalue weighted by Crippen LogP contribution is -2.48. The second-order valence-electron chi connectivity index (χ2n) is 6.75. The zero-order valence-corrected chi connectivity index (χ0v) is 11.9. The van der Waals surface area contributed by atoms with Crippen molar-refractivity contribution >= 4 is 0 Å². The minimum Gasteiger partial charge on any atom is -0.316 e. The van der Waals surface area contributed by atoms with Crippen molar-refractivity contribution in [2.75, 3.05) is 26.2 Å². The average Bonchev–Trinajstić information content (AvgIpc) is 2.26. The van der Waals surface area contributed by atoms with Crippen LogP contribution in [0, 0.1) is 17.8 Å². The first-order valence-corrected chi connectivity index (χ1v) is 7.60. The summed E-state index contributed by atoms with van der Waals surface area (Å²) < 4.78 is 0. The molecule has 0 aromatic carbocycles. The van der Waals surface area contributed by atoms with Crippen molar-refractivity contribution in [1.29, 1.82) is 0 Å². The van der Waals surface area contributed by atoms with Crippen molar-refractivity contribution in [3.05, 3.63) is 0 Å². The first-order valence-electron chi connectivity index (χ1n) is 7.60. The Bertz CT molecular complexity index is 217. The third kappa shape index (κ3) is 3.96. The average molecular weight is 238 g/mol. The summed E-state index contributed by atoms with van der Waals surface area (Å²) >= 11 is 0. The molecule has 2 aliphatic rings. The molecule has 17 heavy (non-hydrogen) atoms. The standard InChI is InChI=1S/C15H30N2/c1-12-5-4-6-15(7-12)17-10-13(2)8-16-9-14(3)11-17/h12-16H,4-11H2,1-3H3. The van der Waals surface area contributed by atoms with Crippen LogP contribution in [0.15, 0.2) is 0 Å². The van der Waals surface area contributed by atoms with Gasteiger partial charge in [0, 0.05) is 19.1 Å². The van der Waals surface area contributed by atoms with Gasteiger partial charge in [-0.05, 0) is 43.7 Å². The molecule has 1 aliphatic carbocycles. The van der Waals surface area contributed by atoms with E-state index in [1.54, 1.807) is 0 Å². The van der Waals surface area contributed by atoms with Gasteiger partial charge in [0.1, 0.15) is 0 Å². The SMILES string of the molecule is CC1CCCC(N2CC(C)CNCC(C)C2)C1. The van der Waals surface area contributed by atoms with Crippen molar-refractivity contribution in [1.82, 2.24) is 10.2 Å². The fourth-order valence-electron chi connectivity index (χ4n) is 3.61. The Morgan fingerprint density at radius 1 is 0.882 bits per heavy atom. The van der Waals surface area contributed by atoms with E-state index < -0.39 is 0 Å². The molecule has 4 atom stereocenters. The summed E-state index contributed by atoms with van der Waals surface area (Å²) in [7, 11) is 0. The molecular formula is C15H30N2. The van der Waals surface area contributed by atoms with E-state index in [9.17, 15) is 0 Å². The molecule has 100 valence electrons. The van der Waals surface area contributed by atoms with Crippen molar-refractivity contribution in [3.8, 4) is 0 Å². The third-order valence-corrected chi connectivity index (χ3v) is 4.50. The van der Waals surface area contributed by atoms with Crippen molar-refractivity contribution in [2.24, 2.45) is 17.8 Å². The fraction of sp³-hybridized carbons (Fsp3) is 1.00. The highest BCUT2D eigenvalue weighted by Crippen LogP contribution is 2.28. The van der Waals surface area contributed by atoms with E-state index in [1.165, 1.54) is 51.9 Å². The van der Waals surface area contributed by atoms with E-state index >= 15 is 0 Å². The molecule has 1 aliphatic heterocycles. The molecular weight excluding hydrogens is 208 g/mol. The maximum absolute atomic E-state index is 3.59. The van der Waals surface area contributed by atoms with Gasteiger partial charge < -0.3 is 5.32 Å². The van der Waals surface area contributed by atoms with Gasteiger partial charge in [-0.2, -0.15) is 0 Å². The van der Waals surface area contributed by atoms with Gasteiger partial charge in [-0.1, -0.05) is 33.6 Å². The summed E-state index contributed by atoms with van der Waals surface area (Å²) in [6.07, 6.45) is 5.78. The van der Waals surface area contributed by atoms with Crippen LogP contribution in [0.25, 0.3) is 0 Å². The lowest BCUT2D eigenvalue weighted by Gasteiger charge is -2.40. The van der Waals surface area contributed by atoms with E-state index in [-0.39, 0.29) is 0 Å². The first kappa shape index (κ1) is 13.4. The van der Waals surface area contributed by atoms with E-state index in [1.807, 2.05) is 0 Å². The molecule has 1 saturated heterocycles. The van der Waals surface area contributed by atoms with E-state index in [4.69, 9.17) is 0 Å². The van der Waals surface area contributed by atoms with Gasteiger partial charge in [0.25, 0.3) is 0 Å². The summed E-state index contributed by atoms with van der Waals surface area (Å²) in [4.78, 5) is 2.81. The first-order chi connectivity index (χ1) is 8.15. The van der Waals surface area contributed by atoms with Gasteiger partial charge in [0.05, 0.1) is 0 Å². The second kappa shape index (κ2) is 6.19. The van der Waals surface area contributed by atoms with Crippen LogP contribution in [0.3, 0.4) is 0 Å². The molecule has 2 heteroatoms. The molecule has 1 heterocycles. The summed E-state index contributed by atoms with van der Waals surface area (Å²) in [6.45, 7) is 12.2. The largest absolute Gasteiger partial charge is 0.316 e. The molecule has 0 radical (unpaired) electrons. The number of rotatable bonds is 1. The Kier molecular flexibility index (Phi) is 4.87. The maximum atomic E-state index is 3.59. The van der Waals surface area contributed by atoms with Crippen LogP contribution >= 0.6 is 0 Å². The van der Waals surface area contributed by atoms with Gasteiger partial charge in [0.15, 0.2) is 0 Å². The Morgan fingerprint density at radius 2 is 1.53 bits per heavy atom. The van der Waals surface area contributed by atoms with Crippen LogP contribution in [0.4, 0.5) is 0 Å². The molecule has 0 amide bonds. The summed E-state index contributed by atoms with van der Waals surface area (Å²) in [5, 5.41) is 3.59. The molecule has 2 rings (SSSR count). The monoisotopic (exact) mass is 238 g/mol. The Balaban J connectivity index is 1.94. The highest BCUT2D eigenvalue weighted by Gasteiger charge is 2.27. The molecule has 0 spiro atoms. The molecule has 2 fully saturated rings. The third-order valence-electron chi connectivity index (χ3n) is 4.50. The smallest absolute Gasteiger partial charge is 0.00980 e. The lowest BCUT2D eigenvalue weighted by molar-refractivity contribution is 0.0930. The fourth-order valence-corrected chi connectivity index (χ4v) is 3.61. The highest BCUT2D eigenvalue weighted by molar-refractivity contribution is 4.82. The minimum atomic E-state index is 0.805. The summed E-state index contributed by atoms with van der Waals surface area (Å²) in [5.41, 5.74) is 0. The molecule has 0 aromatic rings. The Hall–Kier alpha value is -0.0800.